The smallest absolute Gasteiger partial charge is 0.294 e. The van der Waals surface area contributed by atoms with Crippen molar-refractivity contribution in [1.82, 2.24) is 0 Å². The lowest BCUT2D eigenvalue weighted by Crippen LogP contribution is -2.09. The lowest BCUT2D eigenvalue weighted by atomic mass is 10.0. The summed E-state index contributed by atoms with van der Waals surface area (Å²) in [5, 5.41) is 0. The SMILES string of the molecule is CCC(OC)c1cc(C)ccc1S(=O)(=O)O. The minimum Gasteiger partial charge on any atom is -0.377 e. The first-order valence-electron chi connectivity index (χ1n) is 5.01. The molecule has 0 aliphatic rings. The predicted molar refractivity (Wildman–Crippen MR) is 61.0 cm³/mol. The Morgan fingerprint density at radius 3 is 2.50 bits per heavy atom. The van der Waals surface area contributed by atoms with Crippen molar-refractivity contribution in [2.75, 3.05) is 7.11 Å². The van der Waals surface area contributed by atoms with Crippen LogP contribution >= 0.6 is 0 Å². The van der Waals surface area contributed by atoms with Crippen LogP contribution in [0.3, 0.4) is 0 Å². The van der Waals surface area contributed by atoms with Gasteiger partial charge in [-0.1, -0.05) is 24.6 Å². The van der Waals surface area contributed by atoms with Crippen molar-refractivity contribution < 1.29 is 17.7 Å². The lowest BCUT2D eigenvalue weighted by molar-refractivity contribution is 0.0975. The summed E-state index contributed by atoms with van der Waals surface area (Å²) in [5.74, 6) is 0. The third-order valence-corrected chi connectivity index (χ3v) is 3.37. The Bertz CT molecular complexity index is 461. The van der Waals surface area contributed by atoms with Crippen LogP contribution in [0.5, 0.6) is 0 Å². The van der Waals surface area contributed by atoms with E-state index >= 15 is 0 Å². The second kappa shape index (κ2) is 4.95. The van der Waals surface area contributed by atoms with Gasteiger partial charge in [0.05, 0.1) is 11.0 Å². The van der Waals surface area contributed by atoms with Crippen LogP contribution in [0.2, 0.25) is 0 Å². The van der Waals surface area contributed by atoms with Gasteiger partial charge in [-0.3, -0.25) is 4.55 Å². The third-order valence-electron chi connectivity index (χ3n) is 2.45. The fourth-order valence-electron chi connectivity index (χ4n) is 1.67. The van der Waals surface area contributed by atoms with Crippen LogP contribution in [0, 0.1) is 6.92 Å². The van der Waals surface area contributed by atoms with Crippen LogP contribution in [-0.4, -0.2) is 20.1 Å². The van der Waals surface area contributed by atoms with Crippen molar-refractivity contribution in [2.24, 2.45) is 0 Å². The fraction of sp³-hybridized carbons (Fsp3) is 0.455. The highest BCUT2D eigenvalue weighted by atomic mass is 32.2. The summed E-state index contributed by atoms with van der Waals surface area (Å²) >= 11 is 0. The Balaban J connectivity index is 3.40. The second-order valence-corrected chi connectivity index (χ2v) is 5.04. The van der Waals surface area contributed by atoms with Crippen LogP contribution < -0.4 is 0 Å². The van der Waals surface area contributed by atoms with E-state index in [1.165, 1.54) is 13.2 Å². The molecule has 90 valence electrons. The molecule has 0 fully saturated rings. The minimum atomic E-state index is -4.20. The van der Waals surface area contributed by atoms with E-state index in [9.17, 15) is 8.42 Å². The van der Waals surface area contributed by atoms with E-state index in [0.717, 1.165) is 5.56 Å². The molecule has 1 atom stereocenters. The van der Waals surface area contributed by atoms with Gasteiger partial charge in [-0.25, -0.2) is 0 Å². The van der Waals surface area contributed by atoms with Crippen molar-refractivity contribution in [3.8, 4) is 0 Å². The van der Waals surface area contributed by atoms with Crippen LogP contribution in [0.25, 0.3) is 0 Å². The molecule has 0 aliphatic carbocycles. The molecule has 0 bridgehead atoms. The van der Waals surface area contributed by atoms with E-state index in [-0.39, 0.29) is 11.0 Å². The fourth-order valence-corrected chi connectivity index (χ4v) is 2.40. The van der Waals surface area contributed by atoms with E-state index in [4.69, 9.17) is 9.29 Å². The minimum absolute atomic E-state index is 0.0770. The van der Waals surface area contributed by atoms with Crippen LogP contribution in [0.1, 0.15) is 30.6 Å². The Morgan fingerprint density at radius 2 is 2.06 bits per heavy atom. The number of rotatable bonds is 4. The lowest BCUT2D eigenvalue weighted by Gasteiger charge is -2.16. The maximum absolute atomic E-state index is 11.2. The molecule has 1 aromatic rings. The summed E-state index contributed by atoms with van der Waals surface area (Å²) in [5.41, 5.74) is 1.44. The van der Waals surface area contributed by atoms with Gasteiger partial charge in [-0.2, -0.15) is 8.42 Å². The topological polar surface area (TPSA) is 63.6 Å². The monoisotopic (exact) mass is 244 g/mol. The highest BCUT2D eigenvalue weighted by Gasteiger charge is 2.20. The molecule has 5 heteroatoms. The molecule has 0 saturated heterocycles. The van der Waals surface area contributed by atoms with Gasteiger partial charge in [-0.05, 0) is 19.4 Å². The normalized spacial score (nSPS) is 13.8. The van der Waals surface area contributed by atoms with Crippen LogP contribution in [-0.2, 0) is 14.9 Å². The first-order valence-corrected chi connectivity index (χ1v) is 6.45. The van der Waals surface area contributed by atoms with Gasteiger partial charge >= 0.3 is 0 Å². The van der Waals surface area contributed by atoms with E-state index in [1.54, 1.807) is 12.1 Å². The molecule has 1 unspecified atom stereocenters. The molecule has 0 radical (unpaired) electrons. The van der Waals surface area contributed by atoms with E-state index in [1.807, 2.05) is 13.8 Å². The van der Waals surface area contributed by atoms with E-state index in [2.05, 4.69) is 0 Å². The third kappa shape index (κ3) is 2.81. The molecule has 0 aromatic heterocycles. The zero-order chi connectivity index (χ0) is 12.3. The Hall–Kier alpha value is -0.910. The summed E-state index contributed by atoms with van der Waals surface area (Å²) in [6.45, 7) is 3.75. The molecule has 0 aliphatic heterocycles. The van der Waals surface area contributed by atoms with Gasteiger partial charge < -0.3 is 4.74 Å². The molecule has 0 saturated carbocycles. The molecular weight excluding hydrogens is 228 g/mol. The zero-order valence-corrected chi connectivity index (χ0v) is 10.4. The van der Waals surface area contributed by atoms with Gasteiger partial charge in [0.2, 0.25) is 0 Å². The Kier molecular flexibility index (Phi) is 4.07. The molecule has 0 amide bonds. The molecule has 16 heavy (non-hydrogen) atoms. The van der Waals surface area contributed by atoms with Crippen molar-refractivity contribution >= 4 is 10.1 Å². The number of hydrogen-bond donors (Lipinski definition) is 1. The van der Waals surface area contributed by atoms with Crippen LogP contribution in [0.4, 0.5) is 0 Å². The first-order chi connectivity index (χ1) is 7.40. The molecule has 1 rings (SSSR count). The second-order valence-electron chi connectivity index (χ2n) is 3.65. The van der Waals surface area contributed by atoms with E-state index < -0.39 is 10.1 Å². The van der Waals surface area contributed by atoms with Gasteiger partial charge in [-0.15, -0.1) is 0 Å². The molecule has 0 heterocycles. The standard InChI is InChI=1S/C11H16O4S/c1-4-10(15-3)9-7-8(2)5-6-11(9)16(12,13)14/h5-7,10H,4H2,1-3H3,(H,12,13,14). The quantitative estimate of drug-likeness (QED) is 0.826. The summed E-state index contributed by atoms with van der Waals surface area (Å²) in [6, 6.07) is 4.78. The highest BCUT2D eigenvalue weighted by Crippen LogP contribution is 2.27. The summed E-state index contributed by atoms with van der Waals surface area (Å²) in [7, 11) is -2.68. The Labute approximate surface area is 96.0 Å². The van der Waals surface area contributed by atoms with Crippen molar-refractivity contribution in [2.45, 2.75) is 31.3 Å². The van der Waals surface area contributed by atoms with Gasteiger partial charge in [0.1, 0.15) is 0 Å². The maximum Gasteiger partial charge on any atom is 0.294 e. The first kappa shape index (κ1) is 13.2. The number of hydrogen-bond acceptors (Lipinski definition) is 3. The molecule has 1 N–H and O–H groups in total. The van der Waals surface area contributed by atoms with Crippen molar-refractivity contribution in [3.63, 3.8) is 0 Å². The average Bonchev–Trinajstić information content (AvgIpc) is 2.17. The molecule has 4 nitrogen and oxygen atoms in total. The summed E-state index contributed by atoms with van der Waals surface area (Å²) in [6.07, 6.45) is 0.319. The summed E-state index contributed by atoms with van der Waals surface area (Å²) < 4.78 is 36.7. The molecular formula is C11H16O4S. The molecule has 0 spiro atoms. The number of ether oxygens (including phenoxy) is 1. The van der Waals surface area contributed by atoms with E-state index in [0.29, 0.717) is 12.0 Å². The average molecular weight is 244 g/mol. The van der Waals surface area contributed by atoms with Crippen molar-refractivity contribution in [1.29, 1.82) is 0 Å². The summed E-state index contributed by atoms with van der Waals surface area (Å²) in [4.78, 5) is -0.0770. The van der Waals surface area contributed by atoms with Crippen molar-refractivity contribution in [3.05, 3.63) is 29.3 Å². The highest BCUT2D eigenvalue weighted by molar-refractivity contribution is 7.85. The number of methoxy groups -OCH3 is 1. The van der Waals surface area contributed by atoms with Crippen LogP contribution in [0.15, 0.2) is 23.1 Å². The Morgan fingerprint density at radius 1 is 1.44 bits per heavy atom. The largest absolute Gasteiger partial charge is 0.377 e. The predicted octanol–water partition coefficient (Wildman–Crippen LogP) is 2.34. The van der Waals surface area contributed by atoms with Gasteiger partial charge in [0.25, 0.3) is 10.1 Å². The van der Waals surface area contributed by atoms with Gasteiger partial charge in [0, 0.05) is 12.7 Å². The van der Waals surface area contributed by atoms with Gasteiger partial charge in [0.15, 0.2) is 0 Å². The number of benzene rings is 1. The zero-order valence-electron chi connectivity index (χ0n) is 9.60. The molecule has 1 aromatic carbocycles. The maximum atomic E-state index is 11.2. The number of aryl methyl sites for hydroxylation is 1.